The molecule has 4 rings (SSSR count). The predicted octanol–water partition coefficient (Wildman–Crippen LogP) is 3.21. The number of aromatic nitrogens is 2. The highest BCUT2D eigenvalue weighted by Gasteiger charge is 2.22. The van der Waals surface area contributed by atoms with Crippen LogP contribution in [0.25, 0.3) is 10.9 Å². The van der Waals surface area contributed by atoms with E-state index >= 15 is 0 Å². The third-order valence-electron chi connectivity index (χ3n) is 4.32. The zero-order valence-electron chi connectivity index (χ0n) is 12.5. The number of rotatable bonds is 1. The van der Waals surface area contributed by atoms with Crippen molar-refractivity contribution >= 4 is 16.7 Å². The van der Waals surface area contributed by atoms with Crippen molar-refractivity contribution in [1.82, 2.24) is 9.97 Å². The van der Waals surface area contributed by atoms with Crippen LogP contribution < -0.4 is 4.90 Å². The lowest BCUT2D eigenvalue weighted by molar-refractivity contribution is 0.171. The second kappa shape index (κ2) is 5.59. The summed E-state index contributed by atoms with van der Waals surface area (Å²) in [5.41, 5.74) is 2.75. The van der Waals surface area contributed by atoms with E-state index in [1.807, 2.05) is 24.3 Å². The number of anilines is 1. The average Bonchev–Trinajstić information content (AvgIpc) is 2.74. The SMILES string of the molecule is OC1CCN(c2ncnc3ccc(F)cc23)Cc2ccccc21. The van der Waals surface area contributed by atoms with E-state index in [4.69, 9.17) is 0 Å². The second-order valence-electron chi connectivity index (χ2n) is 5.78. The molecule has 5 heteroatoms. The Labute approximate surface area is 133 Å². The van der Waals surface area contributed by atoms with Gasteiger partial charge in [0.25, 0.3) is 0 Å². The standard InChI is InChI=1S/C18H16FN3O/c19-13-5-6-16-15(9-13)18(21-11-20-16)22-8-7-17(23)14-4-2-1-3-12(14)10-22/h1-6,9,11,17,23H,7-8,10H2. The minimum atomic E-state index is -0.485. The fourth-order valence-electron chi connectivity index (χ4n) is 3.17. The maximum absolute atomic E-state index is 13.7. The topological polar surface area (TPSA) is 49.2 Å². The first-order valence-corrected chi connectivity index (χ1v) is 7.63. The molecular weight excluding hydrogens is 293 g/mol. The van der Waals surface area contributed by atoms with E-state index < -0.39 is 6.10 Å². The second-order valence-corrected chi connectivity index (χ2v) is 5.78. The Kier molecular flexibility index (Phi) is 3.42. The molecule has 0 aliphatic carbocycles. The van der Waals surface area contributed by atoms with Gasteiger partial charge in [-0.25, -0.2) is 14.4 Å². The van der Waals surface area contributed by atoms with Gasteiger partial charge >= 0.3 is 0 Å². The van der Waals surface area contributed by atoms with Crippen LogP contribution in [0.2, 0.25) is 0 Å². The number of fused-ring (bicyclic) bond motifs is 2. The molecular formula is C18H16FN3O. The van der Waals surface area contributed by atoms with Crippen molar-refractivity contribution < 1.29 is 9.50 Å². The smallest absolute Gasteiger partial charge is 0.140 e. The van der Waals surface area contributed by atoms with Crippen LogP contribution in [0, 0.1) is 5.82 Å². The van der Waals surface area contributed by atoms with E-state index in [0.717, 1.165) is 16.6 Å². The molecule has 116 valence electrons. The molecule has 0 saturated carbocycles. The van der Waals surface area contributed by atoms with Crippen molar-refractivity contribution in [2.24, 2.45) is 0 Å². The van der Waals surface area contributed by atoms with Crippen molar-refractivity contribution in [3.05, 3.63) is 65.7 Å². The summed E-state index contributed by atoms with van der Waals surface area (Å²) in [6, 6.07) is 12.4. The van der Waals surface area contributed by atoms with Gasteiger partial charge in [-0.15, -0.1) is 0 Å². The summed E-state index contributed by atoms with van der Waals surface area (Å²) in [5, 5.41) is 11.0. The van der Waals surface area contributed by atoms with Gasteiger partial charge in [0.05, 0.1) is 11.6 Å². The number of hydrogen-bond donors (Lipinski definition) is 1. The van der Waals surface area contributed by atoms with Gasteiger partial charge in [-0.1, -0.05) is 24.3 Å². The van der Waals surface area contributed by atoms with Gasteiger partial charge in [0.1, 0.15) is 18.0 Å². The number of halogens is 1. The molecule has 0 saturated heterocycles. The van der Waals surface area contributed by atoms with Gasteiger partial charge in [-0.3, -0.25) is 0 Å². The van der Waals surface area contributed by atoms with Crippen molar-refractivity contribution in [2.75, 3.05) is 11.4 Å². The third kappa shape index (κ3) is 2.53. The Morgan fingerprint density at radius 3 is 2.91 bits per heavy atom. The van der Waals surface area contributed by atoms with E-state index in [1.54, 1.807) is 6.07 Å². The summed E-state index contributed by atoms with van der Waals surface area (Å²) in [7, 11) is 0. The zero-order valence-corrected chi connectivity index (χ0v) is 12.5. The van der Waals surface area contributed by atoms with Crippen LogP contribution in [0.1, 0.15) is 23.7 Å². The molecule has 23 heavy (non-hydrogen) atoms. The first-order chi connectivity index (χ1) is 11.2. The lowest BCUT2D eigenvalue weighted by Crippen LogP contribution is -2.24. The summed E-state index contributed by atoms with van der Waals surface area (Å²) in [5.74, 6) is 0.405. The van der Waals surface area contributed by atoms with E-state index in [2.05, 4.69) is 14.9 Å². The first kappa shape index (κ1) is 14.1. The lowest BCUT2D eigenvalue weighted by atomic mass is 10.0. The van der Waals surface area contributed by atoms with Gasteiger partial charge < -0.3 is 10.0 Å². The van der Waals surface area contributed by atoms with Crippen LogP contribution in [0.4, 0.5) is 10.2 Å². The van der Waals surface area contributed by atoms with E-state index in [0.29, 0.717) is 30.7 Å². The van der Waals surface area contributed by atoms with Gasteiger partial charge in [-0.2, -0.15) is 0 Å². The quantitative estimate of drug-likeness (QED) is 0.750. The summed E-state index contributed by atoms with van der Waals surface area (Å²) >= 11 is 0. The molecule has 1 aromatic heterocycles. The van der Waals surface area contributed by atoms with Crippen LogP contribution >= 0.6 is 0 Å². The largest absolute Gasteiger partial charge is 0.388 e. The van der Waals surface area contributed by atoms with Crippen LogP contribution in [0.3, 0.4) is 0 Å². The van der Waals surface area contributed by atoms with Crippen molar-refractivity contribution in [3.8, 4) is 0 Å². The number of aliphatic hydroxyl groups excluding tert-OH is 1. The Bertz CT molecular complexity index is 868. The predicted molar refractivity (Wildman–Crippen MR) is 86.6 cm³/mol. The highest BCUT2D eigenvalue weighted by molar-refractivity contribution is 5.89. The Hall–Kier alpha value is -2.53. The molecule has 1 N–H and O–H groups in total. The summed E-state index contributed by atoms with van der Waals surface area (Å²) in [6.07, 6.45) is 1.63. The monoisotopic (exact) mass is 309 g/mol. The average molecular weight is 309 g/mol. The Balaban J connectivity index is 1.81. The highest BCUT2D eigenvalue weighted by atomic mass is 19.1. The normalized spacial score (nSPS) is 17.8. The van der Waals surface area contributed by atoms with Crippen molar-refractivity contribution in [2.45, 2.75) is 19.1 Å². The van der Waals surface area contributed by atoms with Crippen LogP contribution in [0.15, 0.2) is 48.8 Å². The summed E-state index contributed by atoms with van der Waals surface area (Å²) in [4.78, 5) is 10.7. The van der Waals surface area contributed by atoms with Crippen molar-refractivity contribution in [3.63, 3.8) is 0 Å². The molecule has 0 fully saturated rings. The molecule has 1 unspecified atom stereocenters. The maximum atomic E-state index is 13.7. The molecule has 1 aliphatic rings. The molecule has 0 radical (unpaired) electrons. The number of benzene rings is 2. The molecule has 0 amide bonds. The summed E-state index contributed by atoms with van der Waals surface area (Å²) < 4.78 is 13.7. The third-order valence-corrected chi connectivity index (χ3v) is 4.32. The van der Waals surface area contributed by atoms with Crippen LogP contribution in [0.5, 0.6) is 0 Å². The van der Waals surface area contributed by atoms with E-state index in [9.17, 15) is 9.50 Å². The maximum Gasteiger partial charge on any atom is 0.140 e. The number of hydrogen-bond acceptors (Lipinski definition) is 4. The lowest BCUT2D eigenvalue weighted by Gasteiger charge is -2.23. The minimum absolute atomic E-state index is 0.302. The number of nitrogens with zero attached hydrogens (tertiary/aromatic N) is 3. The molecule has 0 bridgehead atoms. The fraction of sp³-hybridized carbons (Fsp3) is 0.222. The van der Waals surface area contributed by atoms with Crippen LogP contribution in [-0.2, 0) is 6.54 Å². The first-order valence-electron chi connectivity index (χ1n) is 7.63. The van der Waals surface area contributed by atoms with Gasteiger partial charge in [0.2, 0.25) is 0 Å². The van der Waals surface area contributed by atoms with E-state index in [1.165, 1.54) is 18.5 Å². The molecule has 4 nitrogen and oxygen atoms in total. The molecule has 3 aromatic rings. The van der Waals surface area contributed by atoms with Crippen molar-refractivity contribution in [1.29, 1.82) is 0 Å². The molecule has 1 atom stereocenters. The Morgan fingerprint density at radius 1 is 1.13 bits per heavy atom. The van der Waals surface area contributed by atoms with Gasteiger partial charge in [-0.05, 0) is 35.7 Å². The summed E-state index contributed by atoms with van der Waals surface area (Å²) in [6.45, 7) is 1.29. The Morgan fingerprint density at radius 2 is 2.00 bits per heavy atom. The van der Waals surface area contributed by atoms with E-state index in [-0.39, 0.29) is 5.82 Å². The molecule has 2 aromatic carbocycles. The minimum Gasteiger partial charge on any atom is -0.388 e. The van der Waals surface area contributed by atoms with Gasteiger partial charge in [0, 0.05) is 18.5 Å². The number of aliphatic hydroxyl groups is 1. The molecule has 2 heterocycles. The highest BCUT2D eigenvalue weighted by Crippen LogP contribution is 2.31. The molecule has 0 spiro atoms. The van der Waals surface area contributed by atoms with Crippen LogP contribution in [-0.4, -0.2) is 21.6 Å². The van der Waals surface area contributed by atoms with Gasteiger partial charge in [0.15, 0.2) is 0 Å². The zero-order chi connectivity index (χ0) is 15.8. The molecule has 1 aliphatic heterocycles. The fourth-order valence-corrected chi connectivity index (χ4v) is 3.17.